The number of likely N-dealkylation sites (N-methyl/N-ethyl adjacent to an activating group) is 1. The number of nitrogens with one attached hydrogen (secondary N) is 2. The molecular weight excluding hydrogens is 234 g/mol. The average molecular weight is 255 g/mol. The van der Waals surface area contributed by atoms with Crippen molar-refractivity contribution in [3.8, 4) is 0 Å². The molecule has 0 amide bonds. The van der Waals surface area contributed by atoms with E-state index in [9.17, 15) is 0 Å². The number of aromatic nitrogens is 1. The minimum atomic E-state index is 0.521. The van der Waals surface area contributed by atoms with E-state index < -0.39 is 0 Å². The lowest BCUT2D eigenvalue weighted by Gasteiger charge is -2.18. The van der Waals surface area contributed by atoms with Gasteiger partial charge >= 0.3 is 0 Å². The van der Waals surface area contributed by atoms with Crippen LogP contribution in [0.2, 0.25) is 0 Å². The molecule has 1 aliphatic heterocycles. The first-order chi connectivity index (χ1) is 8.40. The molecule has 0 bridgehead atoms. The molecule has 0 saturated carbocycles. The quantitative estimate of drug-likeness (QED) is 0.711. The van der Waals surface area contributed by atoms with Gasteiger partial charge < -0.3 is 15.4 Å². The third-order valence-corrected chi connectivity index (χ3v) is 3.91. The topological polar surface area (TPSA) is 46.2 Å². The third-order valence-electron chi connectivity index (χ3n) is 3.07. The first-order valence-corrected chi connectivity index (χ1v) is 7.18. The molecule has 4 nitrogen and oxygen atoms in total. The van der Waals surface area contributed by atoms with Gasteiger partial charge in [-0.2, -0.15) is 0 Å². The molecular formula is C12H21N3OS. The molecule has 0 spiro atoms. The number of hydrogen-bond acceptors (Lipinski definition) is 5. The molecule has 2 N–H and O–H groups in total. The fourth-order valence-corrected chi connectivity index (χ4v) is 2.77. The number of nitrogens with zero attached hydrogens (tertiary/aromatic N) is 1. The van der Waals surface area contributed by atoms with Gasteiger partial charge in [-0.15, -0.1) is 11.3 Å². The first-order valence-electron chi connectivity index (χ1n) is 6.30. The van der Waals surface area contributed by atoms with Gasteiger partial charge in [0.1, 0.15) is 0 Å². The summed E-state index contributed by atoms with van der Waals surface area (Å²) in [5.41, 5.74) is 0. The summed E-state index contributed by atoms with van der Waals surface area (Å²) in [5, 5.41) is 10.2. The van der Waals surface area contributed by atoms with Crippen LogP contribution in [0.25, 0.3) is 0 Å². The zero-order valence-electron chi connectivity index (χ0n) is 10.3. The Bertz CT molecular complexity index is 305. The second-order valence-electron chi connectivity index (χ2n) is 4.34. The molecule has 2 rings (SSSR count). The van der Waals surface area contributed by atoms with Gasteiger partial charge in [0.15, 0.2) is 0 Å². The standard InChI is InChI=1S/C12H21N3OS/c1-2-14-11-9-16-8-10(11)7-13-4-3-12-15-5-6-17-12/h5-6,10-11,13-14H,2-4,7-9H2,1H3. The largest absolute Gasteiger partial charge is 0.379 e. The summed E-state index contributed by atoms with van der Waals surface area (Å²) in [4.78, 5) is 4.27. The minimum absolute atomic E-state index is 0.521. The Morgan fingerprint density at radius 3 is 3.24 bits per heavy atom. The highest BCUT2D eigenvalue weighted by Crippen LogP contribution is 2.12. The number of hydrogen-bond donors (Lipinski definition) is 2. The molecule has 1 fully saturated rings. The highest BCUT2D eigenvalue weighted by atomic mass is 32.1. The van der Waals surface area contributed by atoms with Gasteiger partial charge in [-0.1, -0.05) is 6.92 Å². The summed E-state index contributed by atoms with van der Waals surface area (Å²) < 4.78 is 5.51. The fourth-order valence-electron chi connectivity index (χ4n) is 2.15. The fraction of sp³-hybridized carbons (Fsp3) is 0.750. The predicted molar refractivity (Wildman–Crippen MR) is 70.5 cm³/mol. The number of thiazole rings is 1. The Balaban J connectivity index is 1.61. The van der Waals surface area contributed by atoms with Crippen LogP contribution in [0.5, 0.6) is 0 Å². The lowest BCUT2D eigenvalue weighted by molar-refractivity contribution is 0.182. The summed E-state index contributed by atoms with van der Waals surface area (Å²) in [6.07, 6.45) is 2.89. The van der Waals surface area contributed by atoms with Crippen LogP contribution in [0.4, 0.5) is 0 Å². The Kier molecular flexibility index (Phi) is 5.38. The molecule has 5 heteroatoms. The average Bonchev–Trinajstić information content (AvgIpc) is 2.96. The molecule has 1 aromatic heterocycles. The molecule has 1 saturated heterocycles. The maximum absolute atomic E-state index is 5.51. The highest BCUT2D eigenvalue weighted by molar-refractivity contribution is 7.09. The first kappa shape index (κ1) is 13.0. The summed E-state index contributed by atoms with van der Waals surface area (Å²) in [6, 6.07) is 0.521. The summed E-state index contributed by atoms with van der Waals surface area (Å²) in [6.45, 7) is 6.93. The second kappa shape index (κ2) is 7.06. The van der Waals surface area contributed by atoms with Crippen molar-refractivity contribution >= 4 is 11.3 Å². The normalized spacial score (nSPS) is 24.3. The van der Waals surface area contributed by atoms with E-state index >= 15 is 0 Å². The lowest BCUT2D eigenvalue weighted by Crippen LogP contribution is -2.40. The van der Waals surface area contributed by atoms with Gasteiger partial charge in [0.25, 0.3) is 0 Å². The SMILES string of the molecule is CCNC1COCC1CNCCc1nccs1. The van der Waals surface area contributed by atoms with E-state index in [1.165, 1.54) is 5.01 Å². The van der Waals surface area contributed by atoms with E-state index in [0.717, 1.165) is 39.3 Å². The van der Waals surface area contributed by atoms with Crippen LogP contribution in [-0.4, -0.2) is 43.9 Å². The van der Waals surface area contributed by atoms with E-state index in [0.29, 0.717) is 12.0 Å². The zero-order chi connectivity index (χ0) is 11.9. The van der Waals surface area contributed by atoms with Crippen molar-refractivity contribution in [1.82, 2.24) is 15.6 Å². The third kappa shape index (κ3) is 4.03. The molecule has 0 aromatic carbocycles. The van der Waals surface area contributed by atoms with E-state index in [-0.39, 0.29) is 0 Å². The number of rotatable bonds is 7. The van der Waals surface area contributed by atoms with Gasteiger partial charge in [-0.25, -0.2) is 4.98 Å². The Morgan fingerprint density at radius 1 is 1.53 bits per heavy atom. The van der Waals surface area contributed by atoms with Gasteiger partial charge in [0.05, 0.1) is 18.2 Å². The van der Waals surface area contributed by atoms with Gasteiger partial charge in [0, 0.05) is 43.0 Å². The van der Waals surface area contributed by atoms with Gasteiger partial charge in [-0.3, -0.25) is 0 Å². The van der Waals surface area contributed by atoms with Crippen molar-refractivity contribution < 1.29 is 4.74 Å². The zero-order valence-corrected chi connectivity index (χ0v) is 11.1. The Hall–Kier alpha value is -0.490. The van der Waals surface area contributed by atoms with Crippen molar-refractivity contribution in [3.63, 3.8) is 0 Å². The summed E-state index contributed by atoms with van der Waals surface area (Å²) in [7, 11) is 0. The second-order valence-corrected chi connectivity index (χ2v) is 5.32. The monoisotopic (exact) mass is 255 g/mol. The van der Waals surface area contributed by atoms with Crippen molar-refractivity contribution in [3.05, 3.63) is 16.6 Å². The summed E-state index contributed by atoms with van der Waals surface area (Å²) in [5.74, 6) is 0.603. The van der Waals surface area contributed by atoms with Crippen molar-refractivity contribution in [2.45, 2.75) is 19.4 Å². The van der Waals surface area contributed by atoms with Crippen molar-refractivity contribution in [1.29, 1.82) is 0 Å². The molecule has 17 heavy (non-hydrogen) atoms. The van der Waals surface area contributed by atoms with Crippen LogP contribution in [0.15, 0.2) is 11.6 Å². The van der Waals surface area contributed by atoms with Crippen molar-refractivity contribution in [2.24, 2.45) is 5.92 Å². The smallest absolute Gasteiger partial charge is 0.0937 e. The van der Waals surface area contributed by atoms with Crippen LogP contribution in [-0.2, 0) is 11.2 Å². The molecule has 2 unspecified atom stereocenters. The lowest BCUT2D eigenvalue weighted by atomic mass is 10.0. The van der Waals surface area contributed by atoms with Crippen LogP contribution < -0.4 is 10.6 Å². The van der Waals surface area contributed by atoms with E-state index in [1.54, 1.807) is 11.3 Å². The Morgan fingerprint density at radius 2 is 2.47 bits per heavy atom. The van der Waals surface area contributed by atoms with E-state index in [4.69, 9.17) is 4.74 Å². The molecule has 1 aromatic rings. The van der Waals surface area contributed by atoms with Crippen LogP contribution >= 0.6 is 11.3 Å². The maximum Gasteiger partial charge on any atom is 0.0937 e. The summed E-state index contributed by atoms with van der Waals surface area (Å²) >= 11 is 1.73. The molecule has 0 aliphatic carbocycles. The van der Waals surface area contributed by atoms with Crippen LogP contribution in [0.1, 0.15) is 11.9 Å². The highest BCUT2D eigenvalue weighted by Gasteiger charge is 2.26. The molecule has 2 atom stereocenters. The van der Waals surface area contributed by atoms with E-state index in [2.05, 4.69) is 22.5 Å². The Labute approximate surface area is 107 Å². The van der Waals surface area contributed by atoms with Gasteiger partial charge in [0.2, 0.25) is 0 Å². The molecule has 1 aliphatic rings. The molecule has 0 radical (unpaired) electrons. The maximum atomic E-state index is 5.51. The molecule has 2 heterocycles. The number of ether oxygens (including phenoxy) is 1. The van der Waals surface area contributed by atoms with Gasteiger partial charge in [-0.05, 0) is 6.54 Å². The minimum Gasteiger partial charge on any atom is -0.379 e. The van der Waals surface area contributed by atoms with E-state index in [1.807, 2.05) is 11.6 Å². The van der Waals surface area contributed by atoms with Crippen LogP contribution in [0.3, 0.4) is 0 Å². The molecule has 96 valence electrons. The van der Waals surface area contributed by atoms with Crippen molar-refractivity contribution in [2.75, 3.05) is 32.8 Å². The predicted octanol–water partition coefficient (Wildman–Crippen LogP) is 0.900. The van der Waals surface area contributed by atoms with Crippen LogP contribution in [0, 0.1) is 5.92 Å².